The van der Waals surface area contributed by atoms with E-state index in [4.69, 9.17) is 9.15 Å². The predicted octanol–water partition coefficient (Wildman–Crippen LogP) is 2.27. The molecule has 0 aliphatic carbocycles. The van der Waals surface area contributed by atoms with Crippen LogP contribution >= 0.6 is 0 Å². The van der Waals surface area contributed by atoms with Crippen molar-refractivity contribution < 1.29 is 13.9 Å². The molecule has 6 heteroatoms. The van der Waals surface area contributed by atoms with Crippen LogP contribution in [0.4, 0.5) is 4.79 Å². The Labute approximate surface area is 123 Å². The first-order chi connectivity index (χ1) is 10.1. The number of cyclic esters (lactones) is 1. The summed E-state index contributed by atoms with van der Waals surface area (Å²) in [5.74, 6) is 0.697. The molecule has 0 unspecified atom stereocenters. The highest BCUT2D eigenvalue weighted by atomic mass is 16.6. The first-order valence-corrected chi connectivity index (χ1v) is 7.12. The fourth-order valence-electron chi connectivity index (χ4n) is 2.36. The Balaban J connectivity index is 1.63. The number of hydrogen-bond donors (Lipinski definition) is 0. The fourth-order valence-corrected chi connectivity index (χ4v) is 2.36. The molecule has 1 aliphatic rings. The second-order valence-corrected chi connectivity index (χ2v) is 5.28. The van der Waals surface area contributed by atoms with Crippen LogP contribution in [0, 0.1) is 0 Å². The van der Waals surface area contributed by atoms with Gasteiger partial charge in [0, 0.05) is 13.1 Å². The molecule has 6 nitrogen and oxygen atoms in total. The zero-order valence-corrected chi connectivity index (χ0v) is 12.3. The van der Waals surface area contributed by atoms with Crippen LogP contribution in [-0.4, -0.2) is 54.2 Å². The molecule has 0 radical (unpaired) electrons. The molecule has 1 amide bonds. The predicted molar refractivity (Wildman–Crippen MR) is 78.0 cm³/mol. The molecule has 112 valence electrons. The molecule has 0 spiro atoms. The molecule has 1 aliphatic heterocycles. The summed E-state index contributed by atoms with van der Waals surface area (Å²) >= 11 is 0. The van der Waals surface area contributed by atoms with Crippen LogP contribution in [0.5, 0.6) is 0 Å². The van der Waals surface area contributed by atoms with Crippen molar-refractivity contribution in [1.82, 2.24) is 14.8 Å². The van der Waals surface area contributed by atoms with Gasteiger partial charge in [-0.1, -0.05) is 12.1 Å². The maximum atomic E-state index is 11.4. The second kappa shape index (κ2) is 5.73. The van der Waals surface area contributed by atoms with E-state index in [1.807, 2.05) is 38.2 Å². The molecule has 21 heavy (non-hydrogen) atoms. The van der Waals surface area contributed by atoms with Gasteiger partial charge in [-0.2, -0.15) is 0 Å². The summed E-state index contributed by atoms with van der Waals surface area (Å²) in [6.07, 6.45) is -0.224. The van der Waals surface area contributed by atoms with Crippen molar-refractivity contribution in [3.05, 3.63) is 30.2 Å². The number of likely N-dealkylation sites (N-methyl/N-ethyl adjacent to an activating group) is 1. The quantitative estimate of drug-likeness (QED) is 0.845. The number of carbonyl (C=O) groups excluding carboxylic acids is 1. The average Bonchev–Trinajstić information content (AvgIpc) is 3.09. The Kier molecular flexibility index (Phi) is 3.79. The summed E-state index contributed by atoms with van der Waals surface area (Å²) in [4.78, 5) is 19.8. The zero-order valence-electron chi connectivity index (χ0n) is 12.3. The number of para-hydroxylation sites is 2. The first kappa shape index (κ1) is 13.9. The molecule has 2 aromatic rings. The van der Waals surface area contributed by atoms with Crippen molar-refractivity contribution in [3.8, 4) is 0 Å². The third-order valence-corrected chi connectivity index (χ3v) is 3.90. The Morgan fingerprint density at radius 3 is 2.95 bits per heavy atom. The highest BCUT2D eigenvalue weighted by Crippen LogP contribution is 2.23. The molecule has 0 bridgehead atoms. The summed E-state index contributed by atoms with van der Waals surface area (Å²) in [7, 11) is 2.00. The standard InChI is InChI=1S/C15H19N3O3/c1-11(14-16-12-5-3-4-6-13(12)21-14)17(2)7-8-18-9-10-20-15(18)19/h3-6,11H,7-10H2,1-2H3/t11-/m1/s1. The smallest absolute Gasteiger partial charge is 0.409 e. The van der Waals surface area contributed by atoms with Crippen molar-refractivity contribution >= 4 is 17.2 Å². The third kappa shape index (κ3) is 2.85. The Bertz CT molecular complexity index is 607. The molecule has 3 rings (SSSR count). The van der Waals surface area contributed by atoms with E-state index < -0.39 is 0 Å². The van der Waals surface area contributed by atoms with Crippen LogP contribution in [-0.2, 0) is 4.74 Å². The lowest BCUT2D eigenvalue weighted by Crippen LogP contribution is -2.35. The molecule has 0 saturated carbocycles. The molecule has 1 atom stereocenters. The van der Waals surface area contributed by atoms with Crippen LogP contribution in [0.2, 0.25) is 0 Å². The number of ether oxygens (including phenoxy) is 1. The first-order valence-electron chi connectivity index (χ1n) is 7.12. The number of carbonyl (C=O) groups is 1. The number of aromatic nitrogens is 1. The van der Waals surface area contributed by atoms with Crippen LogP contribution in [0.25, 0.3) is 11.1 Å². The van der Waals surface area contributed by atoms with E-state index in [2.05, 4.69) is 9.88 Å². The number of oxazole rings is 1. The van der Waals surface area contributed by atoms with Gasteiger partial charge in [-0.25, -0.2) is 9.78 Å². The number of rotatable bonds is 5. The molecular weight excluding hydrogens is 270 g/mol. The van der Waals surface area contributed by atoms with E-state index in [0.29, 0.717) is 25.6 Å². The van der Waals surface area contributed by atoms with Gasteiger partial charge in [-0.15, -0.1) is 0 Å². The van der Waals surface area contributed by atoms with Crippen molar-refractivity contribution in [2.75, 3.05) is 33.3 Å². The van der Waals surface area contributed by atoms with Crippen LogP contribution < -0.4 is 0 Å². The lowest BCUT2D eigenvalue weighted by Gasteiger charge is -2.24. The van der Waals surface area contributed by atoms with Gasteiger partial charge in [0.2, 0.25) is 5.89 Å². The Morgan fingerprint density at radius 1 is 1.43 bits per heavy atom. The van der Waals surface area contributed by atoms with E-state index >= 15 is 0 Å². The SMILES string of the molecule is C[C@H](c1nc2ccccc2o1)N(C)CCN1CCOC1=O. The summed E-state index contributed by atoms with van der Waals surface area (Å²) < 4.78 is 10.7. The van der Waals surface area contributed by atoms with Crippen LogP contribution in [0.1, 0.15) is 18.9 Å². The maximum Gasteiger partial charge on any atom is 0.409 e. The van der Waals surface area contributed by atoms with E-state index in [0.717, 1.165) is 17.6 Å². The number of amides is 1. The van der Waals surface area contributed by atoms with Gasteiger partial charge in [0.15, 0.2) is 5.58 Å². The topological polar surface area (TPSA) is 58.8 Å². The van der Waals surface area contributed by atoms with Gasteiger partial charge in [0.25, 0.3) is 0 Å². The number of benzene rings is 1. The van der Waals surface area contributed by atoms with Crippen LogP contribution in [0.15, 0.2) is 28.7 Å². The third-order valence-electron chi connectivity index (χ3n) is 3.90. The second-order valence-electron chi connectivity index (χ2n) is 5.28. The largest absolute Gasteiger partial charge is 0.448 e. The molecular formula is C15H19N3O3. The fraction of sp³-hybridized carbons (Fsp3) is 0.467. The molecule has 2 heterocycles. The van der Waals surface area contributed by atoms with Crippen LogP contribution in [0.3, 0.4) is 0 Å². The summed E-state index contributed by atoms with van der Waals surface area (Å²) in [6, 6.07) is 7.79. The lowest BCUT2D eigenvalue weighted by atomic mass is 10.3. The molecule has 1 aromatic carbocycles. The summed E-state index contributed by atoms with van der Waals surface area (Å²) in [5.41, 5.74) is 1.67. The number of fused-ring (bicyclic) bond motifs is 1. The number of nitrogens with zero attached hydrogens (tertiary/aromatic N) is 3. The highest BCUT2D eigenvalue weighted by Gasteiger charge is 2.23. The van der Waals surface area contributed by atoms with Gasteiger partial charge < -0.3 is 14.1 Å². The molecule has 1 fully saturated rings. The minimum absolute atomic E-state index is 0.0519. The average molecular weight is 289 g/mol. The molecule has 1 aromatic heterocycles. The normalized spacial score (nSPS) is 16.7. The Hall–Kier alpha value is -2.08. The summed E-state index contributed by atoms with van der Waals surface area (Å²) in [6.45, 7) is 4.61. The van der Waals surface area contributed by atoms with Gasteiger partial charge in [-0.3, -0.25) is 4.90 Å². The molecule has 1 saturated heterocycles. The highest BCUT2D eigenvalue weighted by molar-refractivity contribution is 5.72. The van der Waals surface area contributed by atoms with Crippen molar-refractivity contribution in [2.45, 2.75) is 13.0 Å². The van der Waals surface area contributed by atoms with Gasteiger partial charge in [0.05, 0.1) is 12.6 Å². The van der Waals surface area contributed by atoms with E-state index in [9.17, 15) is 4.79 Å². The minimum Gasteiger partial charge on any atom is -0.448 e. The van der Waals surface area contributed by atoms with Gasteiger partial charge >= 0.3 is 6.09 Å². The number of hydrogen-bond acceptors (Lipinski definition) is 5. The Morgan fingerprint density at radius 2 is 2.24 bits per heavy atom. The molecule has 0 N–H and O–H groups in total. The maximum absolute atomic E-state index is 11.4. The minimum atomic E-state index is -0.224. The van der Waals surface area contributed by atoms with E-state index in [-0.39, 0.29) is 12.1 Å². The lowest BCUT2D eigenvalue weighted by molar-refractivity contribution is 0.150. The summed E-state index contributed by atoms with van der Waals surface area (Å²) in [5, 5.41) is 0. The van der Waals surface area contributed by atoms with Crippen molar-refractivity contribution in [1.29, 1.82) is 0 Å². The van der Waals surface area contributed by atoms with Gasteiger partial charge in [-0.05, 0) is 26.1 Å². The zero-order chi connectivity index (χ0) is 14.8. The van der Waals surface area contributed by atoms with Gasteiger partial charge in [0.1, 0.15) is 12.1 Å². The van der Waals surface area contributed by atoms with Crippen molar-refractivity contribution in [2.24, 2.45) is 0 Å². The monoisotopic (exact) mass is 289 g/mol. The van der Waals surface area contributed by atoms with Crippen molar-refractivity contribution in [3.63, 3.8) is 0 Å². The van der Waals surface area contributed by atoms with E-state index in [1.54, 1.807) is 4.90 Å². The van der Waals surface area contributed by atoms with E-state index in [1.165, 1.54) is 0 Å².